The zero-order chi connectivity index (χ0) is 16.4. The molecule has 0 saturated carbocycles. The van der Waals surface area contributed by atoms with Gasteiger partial charge in [-0.1, -0.05) is 42.5 Å². The van der Waals surface area contributed by atoms with Crippen LogP contribution in [0.5, 0.6) is 0 Å². The highest BCUT2D eigenvalue weighted by Gasteiger charge is 2.10. The number of benzene rings is 2. The molecule has 0 aliphatic rings. The maximum Gasteiger partial charge on any atom is 0.149 e. The van der Waals surface area contributed by atoms with E-state index in [0.717, 1.165) is 22.2 Å². The molecule has 0 unspecified atom stereocenters. The van der Waals surface area contributed by atoms with Crippen LogP contribution in [0.4, 0.5) is 0 Å². The molecule has 24 heavy (non-hydrogen) atoms. The Morgan fingerprint density at radius 2 is 1.58 bits per heavy atom. The van der Waals surface area contributed by atoms with Gasteiger partial charge in [0.15, 0.2) is 0 Å². The van der Waals surface area contributed by atoms with Crippen LogP contribution in [0.15, 0.2) is 79.0 Å². The third-order valence-corrected chi connectivity index (χ3v) is 3.99. The molecule has 2 aromatic heterocycles. The van der Waals surface area contributed by atoms with Crippen LogP contribution in [0, 0.1) is 11.3 Å². The number of hydrogen-bond donors (Lipinski definition) is 0. The molecule has 0 aliphatic heterocycles. The first-order valence-corrected chi connectivity index (χ1v) is 7.67. The van der Waals surface area contributed by atoms with Crippen LogP contribution >= 0.6 is 0 Å². The molecule has 2 aromatic carbocycles. The number of nitriles is 1. The van der Waals surface area contributed by atoms with Crippen LogP contribution < -0.4 is 0 Å². The standard InChI is InChI=1S/C21H13N3/c22-14-21-18(10-11-20(24-21)19-7-3-4-12-23-19)17-9-8-15-5-1-2-6-16(15)13-17/h1-13H. The molecular formula is C21H13N3. The fourth-order valence-corrected chi connectivity index (χ4v) is 2.79. The molecule has 0 fully saturated rings. The summed E-state index contributed by atoms with van der Waals surface area (Å²) in [4.78, 5) is 8.79. The molecule has 0 spiro atoms. The van der Waals surface area contributed by atoms with Gasteiger partial charge in [0, 0.05) is 11.8 Å². The van der Waals surface area contributed by atoms with E-state index in [-0.39, 0.29) is 0 Å². The number of rotatable bonds is 2. The van der Waals surface area contributed by atoms with Crippen LogP contribution in [0.25, 0.3) is 33.3 Å². The van der Waals surface area contributed by atoms with Gasteiger partial charge in [-0.15, -0.1) is 0 Å². The summed E-state index contributed by atoms with van der Waals surface area (Å²) in [6, 6.07) is 26.1. The summed E-state index contributed by atoms with van der Waals surface area (Å²) in [7, 11) is 0. The van der Waals surface area contributed by atoms with Gasteiger partial charge in [-0.3, -0.25) is 4.98 Å². The Morgan fingerprint density at radius 1 is 0.750 bits per heavy atom. The third kappa shape index (κ3) is 2.51. The van der Waals surface area contributed by atoms with Crippen molar-refractivity contribution in [3.8, 4) is 28.6 Å². The Kier molecular flexibility index (Phi) is 3.49. The molecule has 2 heterocycles. The number of pyridine rings is 2. The lowest BCUT2D eigenvalue weighted by molar-refractivity contribution is 1.22. The Balaban J connectivity index is 1.84. The van der Waals surface area contributed by atoms with Crippen LogP contribution in [0.3, 0.4) is 0 Å². The zero-order valence-electron chi connectivity index (χ0n) is 12.8. The molecule has 3 heteroatoms. The van der Waals surface area contributed by atoms with E-state index in [0.29, 0.717) is 11.4 Å². The lowest BCUT2D eigenvalue weighted by atomic mass is 9.99. The summed E-state index contributed by atoms with van der Waals surface area (Å²) >= 11 is 0. The van der Waals surface area contributed by atoms with E-state index in [9.17, 15) is 5.26 Å². The average molecular weight is 307 g/mol. The Morgan fingerprint density at radius 3 is 2.38 bits per heavy atom. The van der Waals surface area contributed by atoms with E-state index in [1.54, 1.807) is 6.20 Å². The molecule has 0 bridgehead atoms. The lowest BCUT2D eigenvalue weighted by Gasteiger charge is -2.07. The first-order valence-electron chi connectivity index (χ1n) is 7.67. The Hall–Kier alpha value is -3.51. The second-order valence-corrected chi connectivity index (χ2v) is 5.48. The molecule has 3 nitrogen and oxygen atoms in total. The van der Waals surface area contributed by atoms with Crippen molar-refractivity contribution in [3.63, 3.8) is 0 Å². The summed E-state index contributed by atoms with van der Waals surface area (Å²) in [5.74, 6) is 0. The molecule has 0 N–H and O–H groups in total. The zero-order valence-corrected chi connectivity index (χ0v) is 12.8. The van der Waals surface area contributed by atoms with Gasteiger partial charge in [0.05, 0.1) is 11.4 Å². The molecular weight excluding hydrogens is 294 g/mol. The van der Waals surface area contributed by atoms with Crippen LogP contribution in [0.2, 0.25) is 0 Å². The summed E-state index contributed by atoms with van der Waals surface area (Å²) in [5.41, 5.74) is 3.71. The molecule has 4 aromatic rings. The van der Waals surface area contributed by atoms with Gasteiger partial charge in [0.1, 0.15) is 11.8 Å². The fraction of sp³-hybridized carbons (Fsp3) is 0. The maximum atomic E-state index is 9.53. The summed E-state index contributed by atoms with van der Waals surface area (Å²) in [5, 5.41) is 11.9. The van der Waals surface area contributed by atoms with Crippen molar-refractivity contribution in [1.82, 2.24) is 9.97 Å². The number of aromatic nitrogens is 2. The minimum absolute atomic E-state index is 0.411. The van der Waals surface area contributed by atoms with E-state index in [2.05, 4.69) is 40.3 Å². The second kappa shape index (κ2) is 5.94. The van der Waals surface area contributed by atoms with E-state index in [1.807, 2.05) is 48.5 Å². The van der Waals surface area contributed by atoms with Gasteiger partial charge in [-0.05, 0) is 46.7 Å². The molecule has 0 radical (unpaired) electrons. The minimum atomic E-state index is 0.411. The number of hydrogen-bond acceptors (Lipinski definition) is 3. The number of nitrogens with zero attached hydrogens (tertiary/aromatic N) is 3. The first kappa shape index (κ1) is 14.1. The van der Waals surface area contributed by atoms with E-state index < -0.39 is 0 Å². The smallest absolute Gasteiger partial charge is 0.149 e. The largest absolute Gasteiger partial charge is 0.255 e. The maximum absolute atomic E-state index is 9.53. The molecule has 112 valence electrons. The summed E-state index contributed by atoms with van der Waals surface area (Å²) in [6.07, 6.45) is 1.72. The Bertz CT molecular complexity index is 1060. The van der Waals surface area contributed by atoms with Gasteiger partial charge in [0.2, 0.25) is 0 Å². The minimum Gasteiger partial charge on any atom is -0.255 e. The SMILES string of the molecule is N#Cc1nc(-c2ccccn2)ccc1-c1ccc2ccccc2c1. The van der Waals surface area contributed by atoms with E-state index >= 15 is 0 Å². The molecule has 0 aliphatic carbocycles. The molecule has 4 rings (SSSR count). The topological polar surface area (TPSA) is 49.6 Å². The van der Waals surface area contributed by atoms with Crippen LogP contribution in [0.1, 0.15) is 5.69 Å². The van der Waals surface area contributed by atoms with Gasteiger partial charge < -0.3 is 0 Å². The Labute approximate surface area is 139 Å². The highest BCUT2D eigenvalue weighted by molar-refractivity contribution is 5.88. The summed E-state index contributed by atoms with van der Waals surface area (Å²) in [6.45, 7) is 0. The van der Waals surface area contributed by atoms with Gasteiger partial charge >= 0.3 is 0 Å². The molecule has 0 amide bonds. The van der Waals surface area contributed by atoms with Gasteiger partial charge in [-0.25, -0.2) is 4.98 Å². The second-order valence-electron chi connectivity index (χ2n) is 5.48. The highest BCUT2D eigenvalue weighted by Crippen LogP contribution is 2.28. The van der Waals surface area contributed by atoms with Crippen molar-refractivity contribution < 1.29 is 0 Å². The van der Waals surface area contributed by atoms with Crippen molar-refractivity contribution in [3.05, 3.63) is 84.7 Å². The first-order chi connectivity index (χ1) is 11.8. The lowest BCUT2D eigenvalue weighted by Crippen LogP contribution is -1.93. The highest BCUT2D eigenvalue weighted by atomic mass is 14.8. The van der Waals surface area contributed by atoms with Gasteiger partial charge in [0.25, 0.3) is 0 Å². The molecule has 0 atom stereocenters. The van der Waals surface area contributed by atoms with Crippen molar-refractivity contribution in [2.75, 3.05) is 0 Å². The van der Waals surface area contributed by atoms with Crippen LogP contribution in [-0.2, 0) is 0 Å². The average Bonchev–Trinajstić information content (AvgIpc) is 2.68. The summed E-state index contributed by atoms with van der Waals surface area (Å²) < 4.78 is 0. The fourth-order valence-electron chi connectivity index (χ4n) is 2.79. The van der Waals surface area contributed by atoms with E-state index in [1.165, 1.54) is 5.39 Å². The van der Waals surface area contributed by atoms with Crippen molar-refractivity contribution >= 4 is 10.8 Å². The van der Waals surface area contributed by atoms with Crippen molar-refractivity contribution in [2.45, 2.75) is 0 Å². The van der Waals surface area contributed by atoms with Crippen molar-refractivity contribution in [2.24, 2.45) is 0 Å². The van der Waals surface area contributed by atoms with Gasteiger partial charge in [-0.2, -0.15) is 5.26 Å². The van der Waals surface area contributed by atoms with Crippen molar-refractivity contribution in [1.29, 1.82) is 5.26 Å². The predicted octanol–water partition coefficient (Wildman–Crippen LogP) is 4.84. The normalized spacial score (nSPS) is 10.5. The third-order valence-electron chi connectivity index (χ3n) is 3.99. The number of fused-ring (bicyclic) bond motifs is 1. The van der Waals surface area contributed by atoms with Crippen LogP contribution in [-0.4, -0.2) is 9.97 Å². The predicted molar refractivity (Wildman–Crippen MR) is 95.1 cm³/mol. The monoisotopic (exact) mass is 307 g/mol. The van der Waals surface area contributed by atoms with E-state index in [4.69, 9.17) is 0 Å². The molecule has 0 saturated heterocycles. The quantitative estimate of drug-likeness (QED) is 0.532.